The van der Waals surface area contributed by atoms with Crippen LogP contribution >= 0.6 is 11.8 Å². The molecule has 0 aromatic rings. The SMILES string of the molecule is CCCCCCCCCSC(CC)(CC)C(=O)O. The van der Waals surface area contributed by atoms with Gasteiger partial charge in [0, 0.05) is 0 Å². The number of hydrogen-bond acceptors (Lipinski definition) is 2. The zero-order chi connectivity index (χ0) is 13.9. The molecule has 0 bridgehead atoms. The number of aliphatic carboxylic acids is 1. The summed E-state index contributed by atoms with van der Waals surface area (Å²) in [7, 11) is 0. The highest BCUT2D eigenvalue weighted by atomic mass is 32.2. The van der Waals surface area contributed by atoms with Crippen LogP contribution in [0.4, 0.5) is 0 Å². The molecule has 0 saturated heterocycles. The van der Waals surface area contributed by atoms with Gasteiger partial charge in [-0.3, -0.25) is 4.79 Å². The Morgan fingerprint density at radius 3 is 1.89 bits per heavy atom. The van der Waals surface area contributed by atoms with Crippen molar-refractivity contribution in [3.8, 4) is 0 Å². The van der Waals surface area contributed by atoms with Gasteiger partial charge in [-0.1, -0.05) is 59.3 Å². The molecule has 0 radical (unpaired) electrons. The van der Waals surface area contributed by atoms with Gasteiger partial charge in [-0.25, -0.2) is 0 Å². The highest BCUT2D eigenvalue weighted by Gasteiger charge is 2.34. The van der Waals surface area contributed by atoms with Crippen LogP contribution < -0.4 is 0 Å². The molecule has 0 amide bonds. The number of rotatable bonds is 12. The topological polar surface area (TPSA) is 37.3 Å². The maximum Gasteiger partial charge on any atom is 0.319 e. The predicted octanol–water partition coefficient (Wildman–Crippen LogP) is 5.11. The molecule has 0 heterocycles. The van der Waals surface area contributed by atoms with Crippen molar-refractivity contribution in [2.75, 3.05) is 5.75 Å². The van der Waals surface area contributed by atoms with Gasteiger partial charge in [-0.2, -0.15) is 0 Å². The Hall–Kier alpha value is -0.180. The van der Waals surface area contributed by atoms with Gasteiger partial charge in [0.1, 0.15) is 4.75 Å². The monoisotopic (exact) mass is 274 g/mol. The average molecular weight is 274 g/mol. The highest BCUT2D eigenvalue weighted by Crippen LogP contribution is 2.33. The Kier molecular flexibility index (Phi) is 10.6. The van der Waals surface area contributed by atoms with Crippen molar-refractivity contribution in [2.24, 2.45) is 0 Å². The van der Waals surface area contributed by atoms with E-state index in [1.54, 1.807) is 11.8 Å². The van der Waals surface area contributed by atoms with Crippen molar-refractivity contribution >= 4 is 17.7 Å². The Morgan fingerprint density at radius 2 is 1.44 bits per heavy atom. The lowest BCUT2D eigenvalue weighted by atomic mass is 10.0. The Labute approximate surface area is 117 Å². The van der Waals surface area contributed by atoms with Crippen molar-refractivity contribution in [3.63, 3.8) is 0 Å². The van der Waals surface area contributed by atoms with Gasteiger partial charge in [-0.05, 0) is 25.0 Å². The molecule has 2 nitrogen and oxygen atoms in total. The third kappa shape index (κ3) is 6.67. The summed E-state index contributed by atoms with van der Waals surface area (Å²) in [5.74, 6) is 0.349. The van der Waals surface area contributed by atoms with E-state index in [9.17, 15) is 9.90 Å². The third-order valence-corrected chi connectivity index (χ3v) is 5.46. The lowest BCUT2D eigenvalue weighted by Gasteiger charge is -2.25. The second-order valence-electron chi connectivity index (χ2n) is 4.98. The van der Waals surface area contributed by atoms with Crippen molar-refractivity contribution in [3.05, 3.63) is 0 Å². The lowest BCUT2D eigenvalue weighted by Crippen LogP contribution is -2.33. The first kappa shape index (κ1) is 17.8. The van der Waals surface area contributed by atoms with Gasteiger partial charge >= 0.3 is 5.97 Å². The smallest absolute Gasteiger partial charge is 0.319 e. The van der Waals surface area contributed by atoms with Gasteiger partial charge < -0.3 is 5.11 Å². The molecule has 0 aromatic carbocycles. The van der Waals surface area contributed by atoms with Crippen LogP contribution in [0.3, 0.4) is 0 Å². The molecule has 0 fully saturated rings. The zero-order valence-corrected chi connectivity index (χ0v) is 13.2. The van der Waals surface area contributed by atoms with Crippen molar-refractivity contribution in [1.82, 2.24) is 0 Å². The van der Waals surface area contributed by atoms with E-state index in [0.717, 1.165) is 25.0 Å². The summed E-state index contributed by atoms with van der Waals surface area (Å²) in [6, 6.07) is 0. The van der Waals surface area contributed by atoms with Gasteiger partial charge in [-0.15, -0.1) is 11.8 Å². The first-order chi connectivity index (χ1) is 8.63. The van der Waals surface area contributed by atoms with Gasteiger partial charge in [0.15, 0.2) is 0 Å². The first-order valence-corrected chi connectivity index (χ1v) is 8.48. The highest BCUT2D eigenvalue weighted by molar-refractivity contribution is 8.01. The minimum Gasteiger partial charge on any atom is -0.480 e. The fraction of sp³-hybridized carbons (Fsp3) is 0.933. The number of carboxylic acids is 1. The van der Waals surface area contributed by atoms with Crippen molar-refractivity contribution in [2.45, 2.75) is 83.3 Å². The average Bonchev–Trinajstić information content (AvgIpc) is 2.37. The summed E-state index contributed by atoms with van der Waals surface area (Å²) >= 11 is 1.65. The molecule has 108 valence electrons. The molecule has 0 aliphatic heterocycles. The van der Waals surface area contributed by atoms with E-state index in [1.165, 1.54) is 38.5 Å². The van der Waals surface area contributed by atoms with Gasteiger partial charge in [0.05, 0.1) is 0 Å². The molecule has 1 N–H and O–H groups in total. The van der Waals surface area contributed by atoms with E-state index in [-0.39, 0.29) is 0 Å². The minimum absolute atomic E-state index is 0.539. The number of carboxylic acid groups (broad SMARTS) is 1. The quantitative estimate of drug-likeness (QED) is 0.502. The summed E-state index contributed by atoms with van der Waals surface area (Å²) in [6.45, 7) is 6.20. The molecule has 0 aliphatic carbocycles. The number of carbonyl (C=O) groups is 1. The van der Waals surface area contributed by atoms with Crippen molar-refractivity contribution in [1.29, 1.82) is 0 Å². The van der Waals surface area contributed by atoms with Crippen LogP contribution in [0.2, 0.25) is 0 Å². The maximum atomic E-state index is 11.3. The van der Waals surface area contributed by atoms with E-state index in [2.05, 4.69) is 6.92 Å². The molecule has 0 aliphatic rings. The van der Waals surface area contributed by atoms with Crippen LogP contribution in [0, 0.1) is 0 Å². The predicted molar refractivity (Wildman–Crippen MR) is 81.4 cm³/mol. The molecule has 0 aromatic heterocycles. The molecule has 3 heteroatoms. The summed E-state index contributed by atoms with van der Waals surface area (Å²) in [6.07, 6.45) is 10.5. The molecule has 0 atom stereocenters. The standard InChI is InChI=1S/C15H30O2S/c1-4-7-8-9-10-11-12-13-18-15(5-2,6-3)14(16)17/h4-13H2,1-3H3,(H,16,17). The molecule has 0 saturated carbocycles. The second-order valence-corrected chi connectivity index (χ2v) is 6.45. The number of thioether (sulfide) groups is 1. The molecular formula is C15H30O2S. The third-order valence-electron chi connectivity index (χ3n) is 3.66. The lowest BCUT2D eigenvalue weighted by molar-refractivity contribution is -0.140. The van der Waals surface area contributed by atoms with Crippen LogP contribution in [-0.2, 0) is 4.79 Å². The Morgan fingerprint density at radius 1 is 0.944 bits per heavy atom. The van der Waals surface area contributed by atoms with Gasteiger partial charge in [0.2, 0.25) is 0 Å². The van der Waals surface area contributed by atoms with E-state index in [0.29, 0.717) is 0 Å². The summed E-state index contributed by atoms with van der Waals surface area (Å²) in [5.41, 5.74) is 0. The van der Waals surface area contributed by atoms with Crippen LogP contribution in [0.15, 0.2) is 0 Å². The number of unbranched alkanes of at least 4 members (excludes halogenated alkanes) is 6. The largest absolute Gasteiger partial charge is 0.480 e. The zero-order valence-electron chi connectivity index (χ0n) is 12.3. The van der Waals surface area contributed by atoms with Crippen molar-refractivity contribution < 1.29 is 9.90 Å². The minimum atomic E-state index is -0.638. The van der Waals surface area contributed by atoms with E-state index >= 15 is 0 Å². The Balaban J connectivity index is 3.65. The van der Waals surface area contributed by atoms with E-state index < -0.39 is 10.7 Å². The summed E-state index contributed by atoms with van der Waals surface area (Å²) in [4.78, 5) is 11.3. The van der Waals surface area contributed by atoms with Crippen LogP contribution in [0.5, 0.6) is 0 Å². The second kappa shape index (κ2) is 10.7. The summed E-state index contributed by atoms with van der Waals surface area (Å²) < 4.78 is -0.539. The fourth-order valence-electron chi connectivity index (χ4n) is 2.15. The van der Waals surface area contributed by atoms with E-state index in [1.807, 2.05) is 13.8 Å². The molecular weight excluding hydrogens is 244 g/mol. The number of hydrogen-bond donors (Lipinski definition) is 1. The first-order valence-electron chi connectivity index (χ1n) is 7.50. The summed E-state index contributed by atoms with van der Waals surface area (Å²) in [5, 5.41) is 9.30. The van der Waals surface area contributed by atoms with Gasteiger partial charge in [0.25, 0.3) is 0 Å². The fourth-order valence-corrected chi connectivity index (χ4v) is 3.42. The van der Waals surface area contributed by atoms with Crippen LogP contribution in [0.1, 0.15) is 78.6 Å². The molecule has 0 rings (SSSR count). The maximum absolute atomic E-state index is 11.3. The van der Waals surface area contributed by atoms with Crippen LogP contribution in [0.25, 0.3) is 0 Å². The van der Waals surface area contributed by atoms with E-state index in [4.69, 9.17) is 0 Å². The Bertz CT molecular complexity index is 213. The molecule has 18 heavy (non-hydrogen) atoms. The molecule has 0 unspecified atom stereocenters. The van der Waals surface area contributed by atoms with Crippen LogP contribution in [-0.4, -0.2) is 21.6 Å². The normalized spacial score (nSPS) is 11.7. The molecule has 0 spiro atoms.